The fourth-order valence-corrected chi connectivity index (χ4v) is 4.27. The first kappa shape index (κ1) is 14.8. The summed E-state index contributed by atoms with van der Waals surface area (Å²) in [6.45, 7) is 0. The van der Waals surface area contributed by atoms with Crippen molar-refractivity contribution in [3.63, 3.8) is 0 Å². The lowest BCUT2D eigenvalue weighted by Gasteiger charge is -2.07. The molecule has 0 radical (unpaired) electrons. The first-order valence-corrected chi connectivity index (χ1v) is 9.75. The lowest BCUT2D eigenvalue weighted by molar-refractivity contribution is 0.589. The second kappa shape index (κ2) is 4.96. The van der Waals surface area contributed by atoms with Crippen LogP contribution in [0.15, 0.2) is 70.6 Å². The van der Waals surface area contributed by atoms with Gasteiger partial charge in [0.1, 0.15) is 0 Å². The van der Waals surface area contributed by atoms with Crippen LogP contribution in [0, 0.1) is 0 Å². The predicted octanol–water partition coefficient (Wildman–Crippen LogP) is 2.28. The molecule has 0 saturated carbocycles. The Hall–Kier alpha value is -2.12. The second-order valence-corrected chi connectivity index (χ2v) is 8.75. The van der Waals surface area contributed by atoms with Crippen molar-refractivity contribution in [2.45, 2.75) is 9.79 Å². The highest BCUT2D eigenvalue weighted by atomic mass is 32.2. The average Bonchev–Trinajstić information content (AvgIpc) is 2.91. The highest BCUT2D eigenvalue weighted by molar-refractivity contribution is 7.90. The fraction of sp³-hybridized carbons (Fsp3) is 0.0667. The minimum Gasteiger partial charge on any atom is -0.241 e. The van der Waals surface area contributed by atoms with Crippen molar-refractivity contribution in [3.8, 4) is 0 Å². The number of benzene rings is 2. The zero-order valence-electron chi connectivity index (χ0n) is 11.7. The van der Waals surface area contributed by atoms with Crippen LogP contribution in [0.3, 0.4) is 0 Å². The van der Waals surface area contributed by atoms with Crippen LogP contribution in [-0.4, -0.2) is 27.1 Å². The summed E-state index contributed by atoms with van der Waals surface area (Å²) in [7, 11) is -7.03. The van der Waals surface area contributed by atoms with E-state index in [1.165, 1.54) is 36.5 Å². The van der Waals surface area contributed by atoms with Crippen molar-refractivity contribution < 1.29 is 16.8 Å². The molecule has 0 atom stereocenters. The first-order chi connectivity index (χ1) is 10.3. The van der Waals surface area contributed by atoms with E-state index < -0.39 is 19.9 Å². The summed E-state index contributed by atoms with van der Waals surface area (Å²) >= 11 is 0. The van der Waals surface area contributed by atoms with Crippen LogP contribution in [-0.2, 0) is 19.9 Å². The first-order valence-electron chi connectivity index (χ1n) is 6.42. The number of fused-ring (bicyclic) bond motifs is 1. The minimum absolute atomic E-state index is 0.162. The Morgan fingerprint density at radius 2 is 1.50 bits per heavy atom. The molecule has 0 saturated heterocycles. The van der Waals surface area contributed by atoms with Crippen molar-refractivity contribution in [2.75, 3.05) is 6.26 Å². The zero-order valence-corrected chi connectivity index (χ0v) is 13.3. The zero-order chi connectivity index (χ0) is 16.0. The third-order valence-electron chi connectivity index (χ3n) is 3.35. The summed E-state index contributed by atoms with van der Waals surface area (Å²) < 4.78 is 49.6. The molecule has 0 bridgehead atoms. The van der Waals surface area contributed by atoms with Gasteiger partial charge in [-0.05, 0) is 36.4 Å². The van der Waals surface area contributed by atoms with Gasteiger partial charge in [-0.1, -0.05) is 18.2 Å². The van der Waals surface area contributed by atoms with Gasteiger partial charge in [0.25, 0.3) is 10.0 Å². The molecular formula is C15H13NO4S2. The van der Waals surface area contributed by atoms with Gasteiger partial charge in [0.05, 0.1) is 15.3 Å². The van der Waals surface area contributed by atoms with Crippen LogP contribution >= 0.6 is 0 Å². The lowest BCUT2D eigenvalue weighted by atomic mass is 10.2. The minimum atomic E-state index is -3.70. The summed E-state index contributed by atoms with van der Waals surface area (Å²) in [4.78, 5) is 0.342. The molecular weight excluding hydrogens is 322 g/mol. The van der Waals surface area contributed by atoms with Gasteiger partial charge >= 0.3 is 0 Å². The van der Waals surface area contributed by atoms with Crippen molar-refractivity contribution in [1.29, 1.82) is 0 Å². The van der Waals surface area contributed by atoms with Crippen LogP contribution in [0.2, 0.25) is 0 Å². The van der Waals surface area contributed by atoms with Crippen LogP contribution in [0.1, 0.15) is 0 Å². The molecule has 22 heavy (non-hydrogen) atoms. The van der Waals surface area contributed by atoms with E-state index in [4.69, 9.17) is 0 Å². The molecule has 2 aromatic carbocycles. The lowest BCUT2D eigenvalue weighted by Crippen LogP contribution is -2.11. The molecule has 0 N–H and O–H groups in total. The number of nitrogens with zero attached hydrogens (tertiary/aromatic N) is 1. The molecule has 0 aliphatic rings. The van der Waals surface area contributed by atoms with Crippen molar-refractivity contribution in [2.24, 2.45) is 0 Å². The van der Waals surface area contributed by atoms with Gasteiger partial charge < -0.3 is 0 Å². The molecule has 0 unspecified atom stereocenters. The van der Waals surface area contributed by atoms with Gasteiger partial charge in [-0.15, -0.1) is 0 Å². The molecule has 3 rings (SSSR count). The van der Waals surface area contributed by atoms with Crippen LogP contribution in [0.5, 0.6) is 0 Å². The van der Waals surface area contributed by atoms with Gasteiger partial charge in [0.2, 0.25) is 0 Å². The van der Waals surface area contributed by atoms with Gasteiger partial charge in [-0.2, -0.15) is 0 Å². The van der Waals surface area contributed by atoms with E-state index in [1.54, 1.807) is 24.3 Å². The van der Waals surface area contributed by atoms with E-state index in [2.05, 4.69) is 0 Å². The Balaban J connectivity index is 2.22. The topological polar surface area (TPSA) is 73.2 Å². The van der Waals surface area contributed by atoms with E-state index in [1.807, 2.05) is 0 Å². The highest BCUT2D eigenvalue weighted by Crippen LogP contribution is 2.24. The second-order valence-electron chi connectivity index (χ2n) is 4.92. The van der Waals surface area contributed by atoms with Crippen molar-refractivity contribution >= 4 is 30.8 Å². The third kappa shape index (κ3) is 2.42. The highest BCUT2D eigenvalue weighted by Gasteiger charge is 2.19. The average molecular weight is 335 g/mol. The molecule has 0 amide bonds. The van der Waals surface area contributed by atoms with E-state index in [-0.39, 0.29) is 9.79 Å². The van der Waals surface area contributed by atoms with Gasteiger partial charge in [-0.3, -0.25) is 0 Å². The fourth-order valence-electron chi connectivity index (χ4n) is 2.24. The Morgan fingerprint density at radius 1 is 0.818 bits per heavy atom. The standard InChI is InChI=1S/C15H13NO4S2/c1-21(17,18)14-7-8-15-12(11-14)9-10-16(15)22(19,20)13-5-3-2-4-6-13/h2-11H,1H3. The molecule has 0 spiro atoms. The maximum absolute atomic E-state index is 12.6. The number of hydrogen-bond donors (Lipinski definition) is 0. The normalized spacial score (nSPS) is 12.6. The molecule has 0 aliphatic heterocycles. The number of sulfone groups is 1. The number of rotatable bonds is 3. The van der Waals surface area contributed by atoms with E-state index in [0.29, 0.717) is 10.9 Å². The molecule has 5 nitrogen and oxygen atoms in total. The van der Waals surface area contributed by atoms with Crippen LogP contribution < -0.4 is 0 Å². The van der Waals surface area contributed by atoms with Crippen LogP contribution in [0.4, 0.5) is 0 Å². The summed E-state index contributed by atoms with van der Waals surface area (Å²) in [5.41, 5.74) is 0.441. The summed E-state index contributed by atoms with van der Waals surface area (Å²) in [5.74, 6) is 0. The Morgan fingerprint density at radius 3 is 2.14 bits per heavy atom. The number of hydrogen-bond acceptors (Lipinski definition) is 4. The molecule has 1 aromatic heterocycles. The molecule has 0 fully saturated rings. The molecule has 114 valence electrons. The SMILES string of the molecule is CS(=O)(=O)c1ccc2c(ccn2S(=O)(=O)c2ccccc2)c1. The monoisotopic (exact) mass is 335 g/mol. The Labute approximate surface area is 128 Å². The van der Waals surface area contributed by atoms with Gasteiger partial charge in [0, 0.05) is 17.8 Å². The van der Waals surface area contributed by atoms with Crippen molar-refractivity contribution in [1.82, 2.24) is 3.97 Å². The Bertz CT molecular complexity index is 1050. The van der Waals surface area contributed by atoms with Crippen molar-refractivity contribution in [3.05, 3.63) is 60.8 Å². The smallest absolute Gasteiger partial charge is 0.241 e. The number of aromatic nitrogens is 1. The van der Waals surface area contributed by atoms with Gasteiger partial charge in [0.15, 0.2) is 9.84 Å². The van der Waals surface area contributed by atoms with E-state index in [9.17, 15) is 16.8 Å². The maximum Gasteiger partial charge on any atom is 0.268 e. The molecule has 1 heterocycles. The quantitative estimate of drug-likeness (QED) is 0.736. The largest absolute Gasteiger partial charge is 0.268 e. The van der Waals surface area contributed by atoms with Crippen LogP contribution in [0.25, 0.3) is 10.9 Å². The molecule has 3 aromatic rings. The molecule has 0 aliphatic carbocycles. The molecule has 7 heteroatoms. The van der Waals surface area contributed by atoms with E-state index >= 15 is 0 Å². The Kier molecular flexibility index (Phi) is 3.34. The summed E-state index contributed by atoms with van der Waals surface area (Å²) in [5, 5.41) is 0.558. The summed E-state index contributed by atoms with van der Waals surface area (Å²) in [6, 6.07) is 14.1. The van der Waals surface area contributed by atoms with E-state index in [0.717, 1.165) is 10.2 Å². The summed E-state index contributed by atoms with van der Waals surface area (Å²) in [6.07, 6.45) is 2.55. The predicted molar refractivity (Wildman–Crippen MR) is 84.1 cm³/mol. The third-order valence-corrected chi connectivity index (χ3v) is 6.17. The maximum atomic E-state index is 12.6. The van der Waals surface area contributed by atoms with Gasteiger partial charge in [-0.25, -0.2) is 20.8 Å².